The summed E-state index contributed by atoms with van der Waals surface area (Å²) in [5, 5.41) is 7.97. The van der Waals surface area contributed by atoms with Gasteiger partial charge in [0.05, 0.1) is 22.8 Å². The lowest BCUT2D eigenvalue weighted by atomic mass is 9.74. The normalized spacial score (nSPS) is 19.7. The lowest BCUT2D eigenvalue weighted by Crippen LogP contribution is -2.40. The Labute approximate surface area is 236 Å². The molecule has 3 aliphatic heterocycles. The van der Waals surface area contributed by atoms with Gasteiger partial charge in [-0.25, -0.2) is 13.2 Å². The minimum Gasteiger partial charge on any atom is -0.462 e. The molecule has 1 amide bonds. The molecule has 1 aromatic carbocycles. The molecule has 0 unspecified atom stereocenters. The smallest absolute Gasteiger partial charge is 0.338 e. The maximum absolute atomic E-state index is 13.1. The van der Waals surface area contributed by atoms with Crippen molar-refractivity contribution in [2.45, 2.75) is 70.7 Å². The van der Waals surface area contributed by atoms with Crippen molar-refractivity contribution in [3.05, 3.63) is 46.8 Å². The number of hydrogen-bond acceptors (Lipinski definition) is 7. The van der Waals surface area contributed by atoms with Crippen LogP contribution in [0.1, 0.15) is 78.6 Å². The summed E-state index contributed by atoms with van der Waals surface area (Å²) < 4.78 is 40.5. The highest BCUT2D eigenvalue weighted by Gasteiger charge is 2.40. The van der Waals surface area contributed by atoms with Crippen molar-refractivity contribution in [3.8, 4) is 0 Å². The van der Waals surface area contributed by atoms with Gasteiger partial charge in [0.25, 0.3) is 5.91 Å². The summed E-state index contributed by atoms with van der Waals surface area (Å²) in [5.41, 5.74) is 2.16. The van der Waals surface area contributed by atoms with E-state index in [-0.39, 0.29) is 28.4 Å². The first-order valence-electron chi connectivity index (χ1n) is 14.3. The van der Waals surface area contributed by atoms with Gasteiger partial charge in [-0.15, -0.1) is 0 Å². The molecule has 10 nitrogen and oxygen atoms in total. The molecule has 0 bridgehead atoms. The molecule has 4 heterocycles. The third kappa shape index (κ3) is 5.82. The van der Waals surface area contributed by atoms with Crippen LogP contribution in [-0.2, 0) is 38.9 Å². The molecule has 218 valence electrons. The number of esters is 1. The Kier molecular flexibility index (Phi) is 8.09. The Hall–Kier alpha value is -2.76. The number of fused-ring (bicyclic) bond motifs is 1. The quantitative estimate of drug-likeness (QED) is 0.483. The molecule has 2 aromatic rings. The SMILES string of the molecule is CCn1nc(CC(C)(C)COC(=O)c2cccc(S(=O)(=O)N3CCCC3)c2)c2c1C(=O)NCC1(CCOCC1)C2. The number of rotatable bonds is 8. The summed E-state index contributed by atoms with van der Waals surface area (Å²) in [6, 6.07) is 6.07. The molecule has 2 fully saturated rings. The Morgan fingerprint density at radius 3 is 2.62 bits per heavy atom. The highest BCUT2D eigenvalue weighted by Crippen LogP contribution is 2.39. The summed E-state index contributed by atoms with van der Waals surface area (Å²) >= 11 is 0. The highest BCUT2D eigenvalue weighted by molar-refractivity contribution is 7.89. The average Bonchev–Trinajstić information content (AvgIpc) is 3.57. The molecule has 0 saturated carbocycles. The number of carbonyl (C=O) groups is 2. The second-order valence-corrected chi connectivity index (χ2v) is 14.1. The molecule has 0 aliphatic carbocycles. The number of aromatic nitrogens is 2. The van der Waals surface area contributed by atoms with Crippen LogP contribution in [0.3, 0.4) is 0 Å². The number of amides is 1. The molecular formula is C29H40N4O6S. The predicted octanol–water partition coefficient (Wildman–Crippen LogP) is 3.20. The molecular weight excluding hydrogens is 532 g/mol. The zero-order valence-corrected chi connectivity index (χ0v) is 24.5. The van der Waals surface area contributed by atoms with Gasteiger partial charge in [-0.3, -0.25) is 9.48 Å². The van der Waals surface area contributed by atoms with Crippen LogP contribution in [-0.4, -0.2) is 73.8 Å². The fourth-order valence-electron chi connectivity index (χ4n) is 6.02. The van der Waals surface area contributed by atoms with E-state index >= 15 is 0 Å². The second kappa shape index (κ2) is 11.3. The maximum atomic E-state index is 13.1. The summed E-state index contributed by atoms with van der Waals surface area (Å²) in [6.07, 6.45) is 4.74. The largest absolute Gasteiger partial charge is 0.462 e. The summed E-state index contributed by atoms with van der Waals surface area (Å²) in [7, 11) is -3.63. The van der Waals surface area contributed by atoms with E-state index in [1.807, 2.05) is 20.8 Å². The second-order valence-electron chi connectivity index (χ2n) is 12.1. The molecule has 1 spiro atoms. The number of nitrogens with zero attached hydrogens (tertiary/aromatic N) is 3. The average molecular weight is 573 g/mol. The van der Waals surface area contributed by atoms with Crippen molar-refractivity contribution in [1.82, 2.24) is 19.4 Å². The fraction of sp³-hybridized carbons (Fsp3) is 0.621. The molecule has 11 heteroatoms. The molecule has 40 heavy (non-hydrogen) atoms. The Balaban J connectivity index is 1.31. The lowest BCUT2D eigenvalue weighted by Gasteiger charge is -2.36. The van der Waals surface area contributed by atoms with E-state index < -0.39 is 21.4 Å². The van der Waals surface area contributed by atoms with E-state index in [1.165, 1.54) is 16.4 Å². The first-order valence-corrected chi connectivity index (χ1v) is 15.7. The van der Waals surface area contributed by atoms with Gasteiger partial charge in [-0.05, 0) is 62.6 Å². The number of sulfonamides is 1. The third-order valence-corrected chi connectivity index (χ3v) is 10.3. The third-order valence-electron chi connectivity index (χ3n) is 8.39. The Morgan fingerprint density at radius 2 is 1.93 bits per heavy atom. The first kappa shape index (κ1) is 28.8. The topological polar surface area (TPSA) is 120 Å². The van der Waals surface area contributed by atoms with Crippen LogP contribution < -0.4 is 5.32 Å². The molecule has 2 saturated heterocycles. The molecule has 0 atom stereocenters. The van der Waals surface area contributed by atoms with Gasteiger partial charge in [0.2, 0.25) is 10.0 Å². The molecule has 1 N–H and O–H groups in total. The van der Waals surface area contributed by atoms with Crippen LogP contribution in [0.5, 0.6) is 0 Å². The van der Waals surface area contributed by atoms with E-state index in [0.717, 1.165) is 43.4 Å². The van der Waals surface area contributed by atoms with Gasteiger partial charge in [0.15, 0.2) is 0 Å². The van der Waals surface area contributed by atoms with Crippen LogP contribution >= 0.6 is 0 Å². The van der Waals surface area contributed by atoms with Crippen LogP contribution in [0.2, 0.25) is 0 Å². The lowest BCUT2D eigenvalue weighted by molar-refractivity contribution is 0.0159. The zero-order chi connectivity index (χ0) is 28.5. The monoisotopic (exact) mass is 572 g/mol. The van der Waals surface area contributed by atoms with Crippen molar-refractivity contribution in [2.24, 2.45) is 10.8 Å². The van der Waals surface area contributed by atoms with E-state index in [9.17, 15) is 18.0 Å². The van der Waals surface area contributed by atoms with Crippen LogP contribution in [0.4, 0.5) is 0 Å². The summed E-state index contributed by atoms with van der Waals surface area (Å²) in [4.78, 5) is 26.2. The van der Waals surface area contributed by atoms with Gasteiger partial charge >= 0.3 is 5.97 Å². The van der Waals surface area contributed by atoms with Gasteiger partial charge in [0.1, 0.15) is 5.69 Å². The predicted molar refractivity (Wildman–Crippen MR) is 149 cm³/mol. The number of benzene rings is 1. The first-order chi connectivity index (χ1) is 19.0. The van der Waals surface area contributed by atoms with Crippen LogP contribution in [0.15, 0.2) is 29.2 Å². The Bertz CT molecular complexity index is 1370. The van der Waals surface area contributed by atoms with Crippen molar-refractivity contribution >= 4 is 21.9 Å². The van der Waals surface area contributed by atoms with E-state index in [2.05, 4.69) is 5.32 Å². The van der Waals surface area contributed by atoms with Gasteiger partial charge in [-0.1, -0.05) is 19.9 Å². The molecule has 0 radical (unpaired) electrons. The number of hydrogen-bond donors (Lipinski definition) is 1. The van der Waals surface area contributed by atoms with Crippen LogP contribution in [0, 0.1) is 10.8 Å². The van der Waals surface area contributed by atoms with Crippen LogP contribution in [0.25, 0.3) is 0 Å². The highest BCUT2D eigenvalue weighted by atomic mass is 32.2. The number of nitrogens with one attached hydrogen (secondary N) is 1. The number of ether oxygens (including phenoxy) is 2. The maximum Gasteiger partial charge on any atom is 0.338 e. The van der Waals surface area contributed by atoms with Crippen molar-refractivity contribution in [3.63, 3.8) is 0 Å². The van der Waals surface area contributed by atoms with Crippen molar-refractivity contribution in [2.75, 3.05) is 39.5 Å². The molecule has 5 rings (SSSR count). The van der Waals surface area contributed by atoms with Gasteiger partial charge in [-0.2, -0.15) is 9.40 Å². The summed E-state index contributed by atoms with van der Waals surface area (Å²) in [6.45, 7) is 9.68. The number of aryl methyl sites for hydroxylation is 1. The van der Waals surface area contributed by atoms with E-state index in [1.54, 1.807) is 16.8 Å². The minimum absolute atomic E-state index is 0.0491. The molecule has 1 aromatic heterocycles. The molecule has 3 aliphatic rings. The fourth-order valence-corrected chi connectivity index (χ4v) is 7.58. The Morgan fingerprint density at radius 1 is 1.20 bits per heavy atom. The standard InChI is InChI=1S/C29H40N4O6S/c1-4-33-25-23(17-29(19-30-26(25)34)10-14-38-15-11-29)24(31-33)18-28(2,3)20-39-27(35)21-8-7-9-22(16-21)40(36,37)32-12-5-6-13-32/h7-9,16H,4-6,10-15,17-20H2,1-3H3,(H,30,34). The van der Waals surface area contributed by atoms with Crippen molar-refractivity contribution < 1.29 is 27.5 Å². The van der Waals surface area contributed by atoms with Crippen molar-refractivity contribution in [1.29, 1.82) is 0 Å². The number of carbonyl (C=O) groups excluding carboxylic acids is 2. The summed E-state index contributed by atoms with van der Waals surface area (Å²) in [5.74, 6) is -0.656. The zero-order valence-electron chi connectivity index (χ0n) is 23.7. The van der Waals surface area contributed by atoms with Gasteiger partial charge < -0.3 is 14.8 Å². The van der Waals surface area contributed by atoms with E-state index in [0.29, 0.717) is 51.5 Å². The minimum atomic E-state index is -3.63. The van der Waals surface area contributed by atoms with E-state index in [4.69, 9.17) is 14.6 Å². The van der Waals surface area contributed by atoms with Gasteiger partial charge in [0, 0.05) is 56.8 Å².